The Hall–Kier alpha value is -1.28. The maximum atomic E-state index is 11.2. The van der Waals surface area contributed by atoms with Crippen LogP contribution in [0.1, 0.15) is 6.92 Å². The van der Waals surface area contributed by atoms with Crippen LogP contribution >= 0.6 is 0 Å². The topological polar surface area (TPSA) is 504 Å². The molecule has 7 aliphatic heterocycles. The summed E-state index contributed by atoms with van der Waals surface area (Å²) in [7, 11) is 0. The van der Waals surface area contributed by atoms with Gasteiger partial charge in [0.05, 0.1) is 45.7 Å². The van der Waals surface area contributed by atoms with E-state index in [1.807, 2.05) is 0 Å². The lowest BCUT2D eigenvalue weighted by atomic mass is 9.96. The van der Waals surface area contributed by atoms with Crippen LogP contribution in [0.15, 0.2) is 0 Å². The SMILES string of the molecule is C[C@H]1O[C@@H](O[C@@H]2[C@@H](O)[C@H](OC[C@@H]3O[C@@H](O)[C@H](O)[C@H]3O)O[C@H]2CO[C@@H]2O[C@@H](CO[C@H]3O[C@H](CO)[C@@H](O[C@H]4O[C@H](CO)[C@@H](O[C@@H]5O[C@H](CO)[C@H](O)[C@H](O)[C@H]5O)[C@H](O)[C@H]4O)[C@H](O)[C@H]3O)[C@H](O)[C@H]2O)[C@H](O)[C@@H](O)[C@H]1O. The van der Waals surface area contributed by atoms with Crippen molar-refractivity contribution in [3.8, 4) is 0 Å². The number of hydrogen-bond acceptors (Lipinski definition) is 32. The molecule has 7 aliphatic rings. The van der Waals surface area contributed by atoms with Gasteiger partial charge in [-0.1, -0.05) is 0 Å². The van der Waals surface area contributed by atoms with Gasteiger partial charge >= 0.3 is 0 Å². The molecule has 0 bridgehead atoms. The second-order valence-electron chi connectivity index (χ2n) is 18.2. The van der Waals surface area contributed by atoms with Gasteiger partial charge in [-0.3, -0.25) is 0 Å². The van der Waals surface area contributed by atoms with Crippen molar-refractivity contribution in [2.45, 2.75) is 204 Å². The fourth-order valence-corrected chi connectivity index (χ4v) is 9.03. The van der Waals surface area contributed by atoms with Crippen LogP contribution in [0.2, 0.25) is 0 Å². The van der Waals surface area contributed by atoms with Crippen LogP contribution in [0.4, 0.5) is 0 Å². The molecule has 0 aromatic heterocycles. The van der Waals surface area contributed by atoms with Gasteiger partial charge in [-0.2, -0.15) is 0 Å². The van der Waals surface area contributed by atoms with Crippen molar-refractivity contribution in [2.24, 2.45) is 0 Å². The van der Waals surface area contributed by atoms with Gasteiger partial charge in [-0.05, 0) is 6.92 Å². The van der Waals surface area contributed by atoms with Crippen molar-refractivity contribution in [3.63, 3.8) is 0 Å². The van der Waals surface area contributed by atoms with Crippen molar-refractivity contribution in [2.75, 3.05) is 39.6 Å². The van der Waals surface area contributed by atoms with E-state index in [0.29, 0.717) is 0 Å². The van der Waals surface area contributed by atoms with Gasteiger partial charge in [0.25, 0.3) is 0 Å². The van der Waals surface area contributed by atoms with Gasteiger partial charge in [-0.25, -0.2) is 0 Å². The zero-order chi connectivity index (χ0) is 51.9. The van der Waals surface area contributed by atoms with Crippen molar-refractivity contribution in [3.05, 3.63) is 0 Å². The molecule has 0 spiro atoms. The van der Waals surface area contributed by atoms with E-state index in [2.05, 4.69) is 0 Å². The molecule has 32 atom stereocenters. The van der Waals surface area contributed by atoms with Crippen molar-refractivity contribution in [1.82, 2.24) is 0 Å². The van der Waals surface area contributed by atoms with E-state index in [0.717, 1.165) is 0 Å². The molecule has 0 unspecified atom stereocenters. The van der Waals surface area contributed by atoms with E-state index in [4.69, 9.17) is 61.6 Å². The average molecular weight is 1050 g/mol. The van der Waals surface area contributed by atoms with Crippen LogP contribution in [-0.4, -0.2) is 333 Å². The minimum atomic E-state index is -2.07. The predicted octanol–water partition coefficient (Wildman–Crippen LogP) is -13.3. The van der Waals surface area contributed by atoms with Gasteiger partial charge in [0, 0.05) is 0 Å². The lowest BCUT2D eigenvalue weighted by Crippen LogP contribution is -2.66. The number of ether oxygens (including phenoxy) is 13. The van der Waals surface area contributed by atoms with E-state index in [1.54, 1.807) is 0 Å². The minimum Gasteiger partial charge on any atom is -0.394 e. The molecule has 0 radical (unpaired) electrons. The predicted molar refractivity (Wildman–Crippen MR) is 212 cm³/mol. The highest BCUT2D eigenvalue weighted by atomic mass is 16.8. The summed E-state index contributed by atoms with van der Waals surface area (Å²) in [5, 5.41) is 198. The van der Waals surface area contributed by atoms with Gasteiger partial charge in [-0.15, -0.1) is 0 Å². The van der Waals surface area contributed by atoms with Crippen LogP contribution in [0.5, 0.6) is 0 Å². The smallest absolute Gasteiger partial charge is 0.187 e. The molecule has 0 aromatic carbocycles. The number of rotatable bonds is 18. The molecular weight excluding hydrogens is 980 g/mol. The lowest BCUT2D eigenvalue weighted by molar-refractivity contribution is -0.380. The fourth-order valence-electron chi connectivity index (χ4n) is 9.03. The van der Waals surface area contributed by atoms with E-state index in [1.165, 1.54) is 6.92 Å². The van der Waals surface area contributed by atoms with Crippen LogP contribution < -0.4 is 0 Å². The third kappa shape index (κ3) is 12.0. The quantitative estimate of drug-likeness (QED) is 0.0606. The van der Waals surface area contributed by atoms with Crippen molar-refractivity contribution in [1.29, 1.82) is 0 Å². The van der Waals surface area contributed by atoms with Crippen LogP contribution in [-0.2, 0) is 61.6 Å². The molecule has 19 N–H and O–H groups in total. The summed E-state index contributed by atoms with van der Waals surface area (Å²) in [5.41, 5.74) is 0. The summed E-state index contributed by atoms with van der Waals surface area (Å²) in [6.07, 6.45) is -54.3. The number of aliphatic hydroxyl groups excluding tert-OH is 19. The second kappa shape index (κ2) is 24.4. The standard InChI is InChI=1S/C39H66O32/c1-8-15(43)19(47)25(53)37(62-8)71-32-14(68-36(29(32)57)60-5-12-17(45)23(51)33(58)63-12)7-61-34-24(52)18(46)13(67-34)6-59-35-27(55)21(49)30(10(3-41)65-35)70-39-28(56)22(50)31(11(4-42)66-39)69-38-26(54)20(48)16(44)9(2-40)64-38/h8-58H,2-7H2,1H3/t8-,9-,10-,11-,12+,13+,14+,15+,16+,17+,18+,19+,20+,21-,22-,23-,24-,25-,26-,27-,28-,29-,30-,31-,32+,33-,34-,35+,36-,37+,38+,39-/m1/s1. The Morgan fingerprint density at radius 2 is 0.606 bits per heavy atom. The third-order valence-electron chi connectivity index (χ3n) is 13.4. The minimum absolute atomic E-state index is 0.549. The molecule has 71 heavy (non-hydrogen) atoms. The molecule has 0 aliphatic carbocycles. The van der Waals surface area contributed by atoms with Crippen molar-refractivity contribution < 1.29 is 159 Å². The maximum absolute atomic E-state index is 11.2. The Bertz CT molecular complexity index is 1640. The summed E-state index contributed by atoms with van der Waals surface area (Å²) >= 11 is 0. The zero-order valence-corrected chi connectivity index (χ0v) is 37.5. The zero-order valence-electron chi connectivity index (χ0n) is 37.5. The average Bonchev–Trinajstić information content (AvgIpc) is 3.90. The number of hydrogen-bond donors (Lipinski definition) is 19. The summed E-state index contributed by atoms with van der Waals surface area (Å²) < 4.78 is 72.3. The van der Waals surface area contributed by atoms with E-state index < -0.39 is 236 Å². The first-order chi connectivity index (χ1) is 33.6. The summed E-state index contributed by atoms with van der Waals surface area (Å²) in [6, 6.07) is 0. The van der Waals surface area contributed by atoms with E-state index in [9.17, 15) is 97.0 Å². The fraction of sp³-hybridized carbons (Fsp3) is 1.00. The molecule has 0 saturated carbocycles. The first-order valence-electron chi connectivity index (χ1n) is 22.7. The molecule has 7 saturated heterocycles. The van der Waals surface area contributed by atoms with Crippen LogP contribution in [0.3, 0.4) is 0 Å². The van der Waals surface area contributed by atoms with E-state index >= 15 is 0 Å². The molecule has 32 nitrogen and oxygen atoms in total. The van der Waals surface area contributed by atoms with Gasteiger partial charge in [0.15, 0.2) is 44.0 Å². The molecule has 0 aromatic rings. The third-order valence-corrected chi connectivity index (χ3v) is 13.4. The Balaban J connectivity index is 0.931. The monoisotopic (exact) mass is 1050 g/mol. The van der Waals surface area contributed by atoms with Crippen LogP contribution in [0.25, 0.3) is 0 Å². The molecule has 32 heteroatoms. The highest BCUT2D eigenvalue weighted by Gasteiger charge is 2.56. The summed E-state index contributed by atoms with van der Waals surface area (Å²) in [4.78, 5) is 0. The summed E-state index contributed by atoms with van der Waals surface area (Å²) in [5.74, 6) is 0. The molecule has 0 amide bonds. The Morgan fingerprint density at radius 1 is 0.282 bits per heavy atom. The van der Waals surface area contributed by atoms with Gasteiger partial charge in [0.1, 0.15) is 146 Å². The van der Waals surface area contributed by atoms with Crippen molar-refractivity contribution >= 4 is 0 Å². The molecule has 7 heterocycles. The highest BCUT2D eigenvalue weighted by Crippen LogP contribution is 2.35. The normalized spacial score (nSPS) is 53.9. The second-order valence-corrected chi connectivity index (χ2v) is 18.2. The first kappa shape index (κ1) is 57.4. The highest BCUT2D eigenvalue weighted by molar-refractivity contribution is 4.98. The molecular formula is C39H66O32. The number of aliphatic hydroxyl groups is 19. The van der Waals surface area contributed by atoms with E-state index in [-0.39, 0.29) is 0 Å². The molecule has 414 valence electrons. The summed E-state index contributed by atoms with van der Waals surface area (Å²) in [6.45, 7) is -3.19. The molecule has 7 rings (SSSR count). The lowest BCUT2D eigenvalue weighted by Gasteiger charge is -2.48. The maximum Gasteiger partial charge on any atom is 0.187 e. The van der Waals surface area contributed by atoms with Crippen LogP contribution in [0, 0.1) is 0 Å². The first-order valence-corrected chi connectivity index (χ1v) is 22.7. The van der Waals surface area contributed by atoms with Gasteiger partial charge in [0.2, 0.25) is 0 Å². The molecule has 7 fully saturated rings. The van der Waals surface area contributed by atoms with Gasteiger partial charge < -0.3 is 159 Å². The Morgan fingerprint density at radius 3 is 1.10 bits per heavy atom. The Labute approximate surface area is 401 Å². The Kier molecular flexibility index (Phi) is 19.7. The largest absolute Gasteiger partial charge is 0.394 e.